The number of rotatable bonds is 6. The molecule has 7 heteroatoms. The molecule has 1 atom stereocenters. The van der Waals surface area contributed by atoms with Gasteiger partial charge in [0.05, 0.1) is 0 Å². The first-order valence-electron chi connectivity index (χ1n) is 11.4. The SMILES string of the molecule is CC(C)CC1NC(=O)C2(CCN(Cc3ccc(O)cc3)CC2)N(Cc2cccnc2)C1=O. The molecule has 1 spiro atoms. The molecule has 2 saturated heterocycles. The fourth-order valence-electron chi connectivity index (χ4n) is 4.85. The van der Waals surface area contributed by atoms with E-state index >= 15 is 0 Å². The number of carbonyl (C=O) groups excluding carboxylic acids is 2. The number of piperazine rings is 1. The minimum Gasteiger partial charge on any atom is -0.508 e. The van der Waals surface area contributed by atoms with Crippen LogP contribution in [-0.2, 0) is 22.7 Å². The Balaban J connectivity index is 1.53. The van der Waals surface area contributed by atoms with E-state index in [4.69, 9.17) is 0 Å². The van der Waals surface area contributed by atoms with Gasteiger partial charge in [0.25, 0.3) is 0 Å². The summed E-state index contributed by atoms with van der Waals surface area (Å²) < 4.78 is 0. The molecule has 7 nitrogen and oxygen atoms in total. The summed E-state index contributed by atoms with van der Waals surface area (Å²) in [6, 6.07) is 10.6. The molecule has 0 aliphatic carbocycles. The van der Waals surface area contributed by atoms with Gasteiger partial charge in [-0.15, -0.1) is 0 Å². The molecule has 0 radical (unpaired) electrons. The zero-order valence-corrected chi connectivity index (χ0v) is 18.8. The molecule has 2 aromatic rings. The molecule has 1 aromatic carbocycles. The van der Waals surface area contributed by atoms with E-state index in [9.17, 15) is 14.7 Å². The van der Waals surface area contributed by atoms with Crippen LogP contribution in [0.5, 0.6) is 5.75 Å². The van der Waals surface area contributed by atoms with Gasteiger partial charge in [0.1, 0.15) is 17.3 Å². The zero-order chi connectivity index (χ0) is 22.7. The molecular weight excluding hydrogens is 404 g/mol. The summed E-state index contributed by atoms with van der Waals surface area (Å²) in [4.78, 5) is 35.3. The maximum absolute atomic E-state index is 13.5. The van der Waals surface area contributed by atoms with Crippen LogP contribution in [0.3, 0.4) is 0 Å². The number of hydrogen-bond donors (Lipinski definition) is 2. The van der Waals surface area contributed by atoms with E-state index in [1.807, 2.05) is 29.2 Å². The number of hydrogen-bond acceptors (Lipinski definition) is 5. The number of nitrogens with one attached hydrogen (secondary N) is 1. The van der Waals surface area contributed by atoms with Gasteiger partial charge in [-0.1, -0.05) is 32.0 Å². The van der Waals surface area contributed by atoms with Gasteiger partial charge < -0.3 is 15.3 Å². The molecule has 2 amide bonds. The molecule has 2 fully saturated rings. The Morgan fingerprint density at radius 3 is 2.44 bits per heavy atom. The maximum atomic E-state index is 13.5. The van der Waals surface area contributed by atoms with Crippen molar-refractivity contribution in [3.63, 3.8) is 0 Å². The van der Waals surface area contributed by atoms with Crippen molar-refractivity contribution in [3.8, 4) is 5.75 Å². The highest BCUT2D eigenvalue weighted by Crippen LogP contribution is 2.35. The molecule has 0 saturated carbocycles. The van der Waals surface area contributed by atoms with Crippen molar-refractivity contribution in [3.05, 3.63) is 59.9 Å². The van der Waals surface area contributed by atoms with Crippen LogP contribution in [0, 0.1) is 5.92 Å². The monoisotopic (exact) mass is 436 g/mol. The molecule has 2 aliphatic heterocycles. The summed E-state index contributed by atoms with van der Waals surface area (Å²) in [7, 11) is 0. The predicted octanol–water partition coefficient (Wildman–Crippen LogP) is 2.70. The highest BCUT2D eigenvalue weighted by Gasteiger charge is 2.53. The van der Waals surface area contributed by atoms with E-state index in [2.05, 4.69) is 29.0 Å². The summed E-state index contributed by atoms with van der Waals surface area (Å²) in [6.45, 7) is 6.73. The number of carbonyl (C=O) groups is 2. The predicted molar refractivity (Wildman–Crippen MR) is 122 cm³/mol. The Bertz CT molecular complexity index is 937. The number of phenolic OH excluding ortho intramolecular Hbond substituents is 1. The number of amides is 2. The van der Waals surface area contributed by atoms with Crippen LogP contribution in [0.25, 0.3) is 0 Å². The lowest BCUT2D eigenvalue weighted by atomic mass is 9.80. The molecule has 32 heavy (non-hydrogen) atoms. The second kappa shape index (κ2) is 9.28. The van der Waals surface area contributed by atoms with E-state index in [1.165, 1.54) is 0 Å². The Morgan fingerprint density at radius 1 is 1.09 bits per heavy atom. The van der Waals surface area contributed by atoms with E-state index in [0.29, 0.717) is 31.7 Å². The molecule has 1 aromatic heterocycles. The van der Waals surface area contributed by atoms with Crippen molar-refractivity contribution in [1.29, 1.82) is 0 Å². The van der Waals surface area contributed by atoms with Crippen molar-refractivity contribution in [2.45, 2.75) is 57.8 Å². The van der Waals surface area contributed by atoms with Gasteiger partial charge >= 0.3 is 0 Å². The van der Waals surface area contributed by atoms with Crippen LogP contribution >= 0.6 is 0 Å². The first kappa shape index (κ1) is 22.3. The lowest BCUT2D eigenvalue weighted by molar-refractivity contribution is -0.162. The fourth-order valence-corrected chi connectivity index (χ4v) is 4.85. The third kappa shape index (κ3) is 4.63. The van der Waals surface area contributed by atoms with Crippen LogP contribution < -0.4 is 5.32 Å². The minimum atomic E-state index is -0.828. The lowest BCUT2D eigenvalue weighted by Gasteiger charge is -2.52. The van der Waals surface area contributed by atoms with E-state index in [0.717, 1.165) is 30.8 Å². The van der Waals surface area contributed by atoms with Crippen LogP contribution in [0.15, 0.2) is 48.8 Å². The Kier molecular flexibility index (Phi) is 6.46. The highest BCUT2D eigenvalue weighted by molar-refractivity contribution is 6.00. The molecule has 3 heterocycles. The minimum absolute atomic E-state index is 0.00846. The van der Waals surface area contributed by atoms with Crippen molar-refractivity contribution in [1.82, 2.24) is 20.1 Å². The summed E-state index contributed by atoms with van der Waals surface area (Å²) in [5, 5.41) is 12.6. The van der Waals surface area contributed by atoms with Crippen LogP contribution in [0.1, 0.15) is 44.2 Å². The van der Waals surface area contributed by atoms with Gasteiger partial charge in [0.15, 0.2) is 0 Å². The number of aromatic nitrogens is 1. The number of likely N-dealkylation sites (tertiary alicyclic amines) is 1. The molecule has 170 valence electrons. The van der Waals surface area contributed by atoms with Gasteiger partial charge in [-0.2, -0.15) is 0 Å². The van der Waals surface area contributed by atoms with Crippen LogP contribution in [0.4, 0.5) is 0 Å². The number of piperidine rings is 1. The summed E-state index contributed by atoms with van der Waals surface area (Å²) >= 11 is 0. The van der Waals surface area contributed by atoms with E-state index in [-0.39, 0.29) is 17.6 Å². The Labute approximate surface area is 189 Å². The van der Waals surface area contributed by atoms with Gasteiger partial charge in [0, 0.05) is 38.6 Å². The smallest absolute Gasteiger partial charge is 0.246 e. The number of phenols is 1. The van der Waals surface area contributed by atoms with Gasteiger partial charge in [0.2, 0.25) is 11.8 Å². The normalized spacial score (nSPS) is 21.2. The average molecular weight is 437 g/mol. The van der Waals surface area contributed by atoms with Crippen molar-refractivity contribution >= 4 is 11.8 Å². The van der Waals surface area contributed by atoms with Crippen molar-refractivity contribution < 1.29 is 14.7 Å². The molecule has 4 rings (SSSR count). The number of pyridine rings is 1. The molecule has 1 unspecified atom stereocenters. The highest BCUT2D eigenvalue weighted by atomic mass is 16.3. The summed E-state index contributed by atoms with van der Waals surface area (Å²) in [5.74, 6) is 0.543. The summed E-state index contributed by atoms with van der Waals surface area (Å²) in [5.41, 5.74) is 1.23. The van der Waals surface area contributed by atoms with Crippen LogP contribution in [-0.4, -0.2) is 56.4 Å². The van der Waals surface area contributed by atoms with Gasteiger partial charge in [-0.05, 0) is 54.5 Å². The quantitative estimate of drug-likeness (QED) is 0.727. The zero-order valence-electron chi connectivity index (χ0n) is 18.8. The molecule has 2 N–H and O–H groups in total. The molecule has 2 aliphatic rings. The standard InChI is InChI=1S/C25H32N4O3/c1-18(2)14-22-23(31)29(17-20-4-3-11-26-15-20)25(24(32)27-22)9-12-28(13-10-25)16-19-5-7-21(30)8-6-19/h3-8,11,15,18,22,30H,9-10,12-14,16-17H2,1-2H3,(H,27,32). The Hall–Kier alpha value is -2.93. The van der Waals surface area contributed by atoms with Gasteiger partial charge in [-0.25, -0.2) is 0 Å². The second-order valence-electron chi connectivity index (χ2n) is 9.42. The Morgan fingerprint density at radius 2 is 1.81 bits per heavy atom. The summed E-state index contributed by atoms with van der Waals surface area (Å²) in [6.07, 6.45) is 5.31. The first-order valence-corrected chi connectivity index (χ1v) is 11.4. The maximum Gasteiger partial charge on any atom is 0.246 e. The fraction of sp³-hybridized carbons (Fsp3) is 0.480. The largest absolute Gasteiger partial charge is 0.508 e. The topological polar surface area (TPSA) is 85.8 Å². The van der Waals surface area contributed by atoms with E-state index in [1.54, 1.807) is 24.5 Å². The van der Waals surface area contributed by atoms with E-state index < -0.39 is 11.6 Å². The average Bonchev–Trinajstić information content (AvgIpc) is 2.78. The second-order valence-corrected chi connectivity index (χ2v) is 9.42. The first-order chi connectivity index (χ1) is 15.4. The number of nitrogens with zero attached hydrogens (tertiary/aromatic N) is 3. The third-order valence-corrected chi connectivity index (χ3v) is 6.61. The molecular formula is C25H32N4O3. The van der Waals surface area contributed by atoms with Crippen molar-refractivity contribution in [2.24, 2.45) is 5.92 Å². The lowest BCUT2D eigenvalue weighted by Crippen LogP contribution is -2.72. The van der Waals surface area contributed by atoms with Gasteiger partial charge in [-0.3, -0.25) is 19.5 Å². The number of benzene rings is 1. The van der Waals surface area contributed by atoms with Crippen LogP contribution in [0.2, 0.25) is 0 Å². The van der Waals surface area contributed by atoms with Crippen molar-refractivity contribution in [2.75, 3.05) is 13.1 Å². The third-order valence-electron chi connectivity index (χ3n) is 6.61. The molecule has 0 bridgehead atoms. The number of aromatic hydroxyl groups is 1.